The van der Waals surface area contributed by atoms with Gasteiger partial charge >= 0.3 is 11.9 Å². The summed E-state index contributed by atoms with van der Waals surface area (Å²) in [6.45, 7) is 4.38. The van der Waals surface area contributed by atoms with E-state index in [2.05, 4.69) is 0 Å². The predicted octanol–water partition coefficient (Wildman–Crippen LogP) is 3.54. The van der Waals surface area contributed by atoms with E-state index in [1.165, 1.54) is 42.5 Å². The highest BCUT2D eigenvalue weighted by molar-refractivity contribution is 6.28. The van der Waals surface area contributed by atoms with Gasteiger partial charge in [-0.05, 0) is 75.2 Å². The summed E-state index contributed by atoms with van der Waals surface area (Å²) >= 11 is 0. The molecule has 0 fully saturated rings. The molecule has 2 heterocycles. The van der Waals surface area contributed by atoms with Crippen LogP contribution in [0.5, 0.6) is 0 Å². The Labute approximate surface area is 236 Å². The van der Waals surface area contributed by atoms with Crippen molar-refractivity contribution in [1.29, 1.82) is 0 Å². The Bertz CT molecular complexity index is 1330. The van der Waals surface area contributed by atoms with Crippen LogP contribution in [0.2, 0.25) is 0 Å². The third kappa shape index (κ3) is 7.74. The molecule has 4 rings (SSSR count). The lowest BCUT2D eigenvalue weighted by Crippen LogP contribution is -2.29. The Balaban J connectivity index is 1.08. The van der Waals surface area contributed by atoms with Crippen LogP contribution in [-0.2, 0) is 33.3 Å². The molecule has 0 saturated heterocycles. The number of esters is 2. The zero-order valence-corrected chi connectivity index (χ0v) is 22.7. The second-order valence-corrected chi connectivity index (χ2v) is 9.18. The number of unbranched alkanes of at least 4 members (excludes halogenated alkanes) is 1. The van der Waals surface area contributed by atoms with Gasteiger partial charge in [-0.2, -0.15) is 0 Å². The van der Waals surface area contributed by atoms with Crippen LogP contribution >= 0.6 is 0 Å². The summed E-state index contributed by atoms with van der Waals surface area (Å²) in [6.07, 6.45) is 5.36. The van der Waals surface area contributed by atoms with Gasteiger partial charge in [-0.15, -0.1) is 0 Å². The second kappa shape index (κ2) is 13.6. The predicted molar refractivity (Wildman–Crippen MR) is 147 cm³/mol. The number of carbonyl (C=O) groups excluding carboxylic acids is 5. The minimum absolute atomic E-state index is 0.0964. The van der Waals surface area contributed by atoms with E-state index in [0.717, 1.165) is 4.90 Å². The van der Waals surface area contributed by atoms with Crippen LogP contribution in [-0.4, -0.2) is 62.0 Å². The molecule has 41 heavy (non-hydrogen) atoms. The van der Waals surface area contributed by atoms with Crippen LogP contribution in [0, 0.1) is 0 Å². The number of carbonyl (C=O) groups is 5. The van der Waals surface area contributed by atoms with E-state index in [1.54, 1.807) is 49.1 Å². The number of hydrogen-bond donors (Lipinski definition) is 0. The lowest BCUT2D eigenvalue weighted by Gasteiger charge is -2.17. The zero-order chi connectivity index (χ0) is 29.4. The minimum atomic E-state index is -0.792. The molecule has 2 aromatic rings. The number of anilines is 2. The molecule has 2 unspecified atom stereocenters. The molecule has 0 saturated carbocycles. The first-order chi connectivity index (χ1) is 19.7. The quantitative estimate of drug-likeness (QED) is 0.156. The topological polar surface area (TPSA) is 129 Å². The van der Waals surface area contributed by atoms with Gasteiger partial charge in [-0.3, -0.25) is 14.4 Å². The first-order valence-electron chi connectivity index (χ1n) is 13.1. The van der Waals surface area contributed by atoms with Crippen LogP contribution in [0.4, 0.5) is 11.4 Å². The van der Waals surface area contributed by atoms with Crippen LogP contribution in [0.3, 0.4) is 0 Å². The van der Waals surface area contributed by atoms with Gasteiger partial charge in [0.15, 0.2) is 12.6 Å². The van der Waals surface area contributed by atoms with E-state index < -0.39 is 36.3 Å². The molecule has 2 aliphatic heterocycles. The molecular weight excluding hydrogens is 532 g/mol. The second-order valence-electron chi connectivity index (χ2n) is 9.18. The number of ether oxygens (including phenoxy) is 4. The Morgan fingerprint density at radius 2 is 1.15 bits per heavy atom. The van der Waals surface area contributed by atoms with Gasteiger partial charge in [-0.1, -0.05) is 6.08 Å². The summed E-state index contributed by atoms with van der Waals surface area (Å²) in [5, 5.41) is 0. The van der Waals surface area contributed by atoms with Gasteiger partial charge in [0.05, 0.1) is 30.0 Å². The fraction of sp³-hybridized carbons (Fsp3) is 0.300. The number of benzene rings is 2. The summed E-state index contributed by atoms with van der Waals surface area (Å²) in [5.74, 6) is -2.10. The third-order valence-corrected chi connectivity index (χ3v) is 6.19. The van der Waals surface area contributed by atoms with Crippen molar-refractivity contribution in [3.63, 3.8) is 0 Å². The lowest BCUT2D eigenvalue weighted by molar-refractivity contribution is -0.120. The van der Waals surface area contributed by atoms with E-state index >= 15 is 0 Å². The molecule has 0 N–H and O–H groups in total. The smallest absolute Gasteiger partial charge is 0.340 e. The Kier molecular flexibility index (Phi) is 9.77. The van der Waals surface area contributed by atoms with Crippen molar-refractivity contribution in [2.45, 2.75) is 39.3 Å². The van der Waals surface area contributed by atoms with Crippen molar-refractivity contribution in [3.8, 4) is 0 Å². The first-order valence-corrected chi connectivity index (χ1v) is 13.1. The monoisotopic (exact) mass is 562 g/mol. The number of rotatable bonds is 13. The molecule has 2 aromatic carbocycles. The molecule has 214 valence electrons. The van der Waals surface area contributed by atoms with E-state index in [4.69, 9.17) is 18.9 Å². The molecule has 11 heteroatoms. The summed E-state index contributed by atoms with van der Waals surface area (Å²) in [6, 6.07) is 12.5. The number of hydrogen-bond acceptors (Lipinski definition) is 9. The van der Waals surface area contributed by atoms with Crippen molar-refractivity contribution < 1.29 is 42.9 Å². The molecule has 0 radical (unpaired) electrons. The van der Waals surface area contributed by atoms with E-state index in [-0.39, 0.29) is 11.5 Å². The molecule has 11 nitrogen and oxygen atoms in total. The van der Waals surface area contributed by atoms with Gasteiger partial charge in [0.2, 0.25) is 0 Å². The number of imide groups is 1. The molecule has 0 aliphatic carbocycles. The van der Waals surface area contributed by atoms with Gasteiger partial charge < -0.3 is 23.8 Å². The fourth-order valence-corrected chi connectivity index (χ4v) is 4.06. The fourth-order valence-electron chi connectivity index (χ4n) is 4.06. The molecule has 0 bridgehead atoms. The zero-order valence-electron chi connectivity index (χ0n) is 22.7. The summed E-state index contributed by atoms with van der Waals surface area (Å²) < 4.78 is 21.7. The van der Waals surface area contributed by atoms with Crippen molar-refractivity contribution in [2.75, 3.05) is 29.6 Å². The van der Waals surface area contributed by atoms with Crippen LogP contribution in [0.1, 0.15) is 47.4 Å². The standard InChI is InChI=1S/C30H30N2O9/c1-20(40-29(36)22-7-11-24(12-8-22)31-17-5-6-26(31)33)38-18-3-4-19-39-21(2)41-30(37)23-9-13-25(14-10-23)32-27(34)15-16-28(32)35/h5-16,20-21H,3-4,17-19H2,1-2H3. The van der Waals surface area contributed by atoms with Gasteiger partial charge in [0.25, 0.3) is 17.7 Å². The molecule has 2 aliphatic rings. The van der Waals surface area contributed by atoms with E-state index in [1.807, 2.05) is 0 Å². The highest BCUT2D eigenvalue weighted by atomic mass is 16.7. The molecule has 2 atom stereocenters. The maximum atomic E-state index is 12.4. The van der Waals surface area contributed by atoms with Gasteiger partial charge in [0.1, 0.15) is 0 Å². The number of amides is 3. The summed E-state index contributed by atoms with van der Waals surface area (Å²) in [7, 11) is 0. The van der Waals surface area contributed by atoms with Crippen molar-refractivity contribution in [1.82, 2.24) is 0 Å². The maximum absolute atomic E-state index is 12.4. The Hall–Kier alpha value is -4.61. The van der Waals surface area contributed by atoms with Crippen LogP contribution < -0.4 is 9.80 Å². The van der Waals surface area contributed by atoms with Crippen LogP contribution in [0.15, 0.2) is 72.8 Å². The van der Waals surface area contributed by atoms with E-state index in [9.17, 15) is 24.0 Å². The summed E-state index contributed by atoms with van der Waals surface area (Å²) in [4.78, 5) is 62.6. The maximum Gasteiger partial charge on any atom is 0.340 e. The average molecular weight is 563 g/mol. The van der Waals surface area contributed by atoms with Crippen molar-refractivity contribution in [2.24, 2.45) is 0 Å². The van der Waals surface area contributed by atoms with Crippen LogP contribution in [0.25, 0.3) is 0 Å². The minimum Gasteiger partial charge on any atom is -0.432 e. The molecule has 3 amide bonds. The first kappa shape index (κ1) is 29.4. The van der Waals surface area contributed by atoms with Gasteiger partial charge in [-0.25, -0.2) is 14.5 Å². The largest absolute Gasteiger partial charge is 0.432 e. The van der Waals surface area contributed by atoms with Crippen molar-refractivity contribution >= 4 is 41.0 Å². The Morgan fingerprint density at radius 3 is 1.59 bits per heavy atom. The van der Waals surface area contributed by atoms with Gasteiger partial charge in [0, 0.05) is 30.5 Å². The third-order valence-electron chi connectivity index (χ3n) is 6.19. The normalized spacial score (nSPS) is 15.9. The lowest BCUT2D eigenvalue weighted by atomic mass is 10.2. The highest BCUT2D eigenvalue weighted by Gasteiger charge is 2.25. The van der Waals surface area contributed by atoms with Crippen molar-refractivity contribution in [3.05, 3.63) is 84.0 Å². The molecular formula is C30H30N2O9. The van der Waals surface area contributed by atoms with E-state index in [0.29, 0.717) is 49.5 Å². The molecule has 0 aromatic heterocycles. The average Bonchev–Trinajstić information content (AvgIpc) is 3.54. The highest BCUT2D eigenvalue weighted by Crippen LogP contribution is 2.21. The number of nitrogens with zero attached hydrogens (tertiary/aromatic N) is 2. The SMILES string of the molecule is CC(OCCCCOC(C)OC(=O)c1ccc(N2C(=O)C=CC2=O)cc1)OC(=O)c1ccc(N2CC=CC2=O)cc1. The molecule has 0 spiro atoms. The Morgan fingerprint density at radius 1 is 0.683 bits per heavy atom. The summed E-state index contributed by atoms with van der Waals surface area (Å²) in [5.41, 5.74) is 1.67.